The summed E-state index contributed by atoms with van der Waals surface area (Å²) in [6, 6.07) is 30.8. The van der Waals surface area contributed by atoms with Gasteiger partial charge < -0.3 is 19.5 Å². The molecule has 1 unspecified atom stereocenters. The molecule has 1 N–H and O–H groups in total. The Kier molecular flexibility index (Phi) is 8.65. The second-order valence-corrected chi connectivity index (χ2v) is 11.1. The molecule has 0 bridgehead atoms. The largest absolute Gasteiger partial charge is 0.496 e. The Hall–Kier alpha value is -4.69. The topological polar surface area (TPSA) is 83.3 Å². The van der Waals surface area contributed by atoms with Crippen LogP contribution >= 0.6 is 0 Å². The molecular formula is C35H37N5O3. The molecule has 1 aliphatic heterocycles. The molecular weight excluding hydrogens is 538 g/mol. The average Bonchev–Trinajstić information content (AvgIpc) is 3.76. The Balaban J connectivity index is 1.52. The first-order valence-corrected chi connectivity index (χ1v) is 14.8. The standard InChI is InChI=1S/C35H37N5O3/c1-24(2)27-14-15-32(41-3)29(18-27)30-19-31(35-37-38-39-40(35)28-16-17-36-21-28)34(43-23-26-12-8-5-9-13-26)20-33(30)42-22-25-10-6-4-7-11-25/h4-15,18-20,24,28,36H,16-17,21-23H2,1-3H3. The van der Waals surface area contributed by atoms with Crippen LogP contribution in [0.3, 0.4) is 0 Å². The van der Waals surface area contributed by atoms with Crippen LogP contribution in [-0.4, -0.2) is 40.4 Å². The number of nitrogens with zero attached hydrogens (tertiary/aromatic N) is 4. The number of rotatable bonds is 11. The van der Waals surface area contributed by atoms with Crippen molar-refractivity contribution in [3.05, 3.63) is 108 Å². The van der Waals surface area contributed by atoms with Crippen molar-refractivity contribution >= 4 is 0 Å². The minimum absolute atomic E-state index is 0.156. The second-order valence-electron chi connectivity index (χ2n) is 11.1. The van der Waals surface area contributed by atoms with Crippen LogP contribution in [0.25, 0.3) is 22.5 Å². The summed E-state index contributed by atoms with van der Waals surface area (Å²) in [6.07, 6.45) is 0.952. The van der Waals surface area contributed by atoms with Crippen molar-refractivity contribution in [3.8, 4) is 39.8 Å². The van der Waals surface area contributed by atoms with E-state index in [-0.39, 0.29) is 6.04 Å². The van der Waals surface area contributed by atoms with E-state index in [1.54, 1.807) is 7.11 Å². The fourth-order valence-corrected chi connectivity index (χ4v) is 5.42. The van der Waals surface area contributed by atoms with Crippen LogP contribution in [0.4, 0.5) is 0 Å². The molecule has 220 valence electrons. The van der Waals surface area contributed by atoms with Gasteiger partial charge in [0.05, 0.1) is 18.7 Å². The summed E-state index contributed by atoms with van der Waals surface area (Å²) in [5.41, 5.74) is 5.97. The van der Waals surface area contributed by atoms with Gasteiger partial charge in [0.1, 0.15) is 30.5 Å². The summed E-state index contributed by atoms with van der Waals surface area (Å²) in [5.74, 6) is 3.10. The van der Waals surface area contributed by atoms with Gasteiger partial charge in [-0.2, -0.15) is 0 Å². The molecule has 1 aliphatic rings. The van der Waals surface area contributed by atoms with E-state index in [2.05, 4.69) is 77.2 Å². The predicted octanol–water partition coefficient (Wildman–Crippen LogP) is 6.83. The zero-order valence-corrected chi connectivity index (χ0v) is 24.9. The van der Waals surface area contributed by atoms with Gasteiger partial charge in [-0.15, -0.1) is 5.10 Å². The van der Waals surface area contributed by atoms with Gasteiger partial charge in [0, 0.05) is 23.7 Å². The Bertz CT molecular complexity index is 1650. The van der Waals surface area contributed by atoms with Crippen LogP contribution in [-0.2, 0) is 13.2 Å². The molecule has 0 saturated carbocycles. The number of benzene rings is 4. The maximum Gasteiger partial charge on any atom is 0.186 e. The van der Waals surface area contributed by atoms with Crippen LogP contribution in [0.1, 0.15) is 48.9 Å². The number of ether oxygens (including phenoxy) is 3. The van der Waals surface area contributed by atoms with Crippen molar-refractivity contribution in [3.63, 3.8) is 0 Å². The number of tetrazole rings is 1. The maximum absolute atomic E-state index is 6.57. The second kappa shape index (κ2) is 13.1. The van der Waals surface area contributed by atoms with Crippen LogP contribution in [0.5, 0.6) is 17.2 Å². The average molecular weight is 576 g/mol. The van der Waals surface area contributed by atoms with E-state index in [4.69, 9.17) is 14.2 Å². The highest BCUT2D eigenvalue weighted by molar-refractivity contribution is 5.83. The van der Waals surface area contributed by atoms with E-state index in [0.717, 1.165) is 53.1 Å². The lowest BCUT2D eigenvalue weighted by molar-refractivity contribution is 0.291. The molecule has 0 radical (unpaired) electrons. The van der Waals surface area contributed by atoms with E-state index in [0.29, 0.717) is 36.5 Å². The summed E-state index contributed by atoms with van der Waals surface area (Å²) in [7, 11) is 1.70. The number of methoxy groups -OCH3 is 1. The van der Waals surface area contributed by atoms with Gasteiger partial charge in [-0.05, 0) is 64.2 Å². The number of aromatic nitrogens is 4. The fraction of sp³-hybridized carbons (Fsp3) is 0.286. The zero-order valence-electron chi connectivity index (χ0n) is 24.9. The molecule has 43 heavy (non-hydrogen) atoms. The maximum atomic E-state index is 6.57. The molecule has 1 fully saturated rings. The van der Waals surface area contributed by atoms with Crippen molar-refractivity contribution in [1.82, 2.24) is 25.5 Å². The summed E-state index contributed by atoms with van der Waals surface area (Å²) < 4.78 is 20.9. The molecule has 5 aromatic rings. The summed E-state index contributed by atoms with van der Waals surface area (Å²) in [4.78, 5) is 0. The minimum atomic E-state index is 0.156. The molecule has 4 aromatic carbocycles. The molecule has 1 aromatic heterocycles. The Morgan fingerprint density at radius 1 is 0.791 bits per heavy atom. The van der Waals surface area contributed by atoms with Gasteiger partial charge >= 0.3 is 0 Å². The van der Waals surface area contributed by atoms with Crippen molar-refractivity contribution in [2.24, 2.45) is 0 Å². The molecule has 8 heteroatoms. The SMILES string of the molecule is COc1ccc(C(C)C)cc1-c1cc(-c2nnnn2C2CCNC2)c(OCc2ccccc2)cc1OCc1ccccc1. The smallest absolute Gasteiger partial charge is 0.186 e. The van der Waals surface area contributed by atoms with Crippen LogP contribution in [0, 0.1) is 0 Å². The lowest BCUT2D eigenvalue weighted by Crippen LogP contribution is -2.16. The third-order valence-electron chi connectivity index (χ3n) is 7.85. The molecule has 0 amide bonds. The van der Waals surface area contributed by atoms with Crippen molar-refractivity contribution in [2.75, 3.05) is 20.2 Å². The number of hydrogen-bond donors (Lipinski definition) is 1. The van der Waals surface area contributed by atoms with E-state index in [9.17, 15) is 0 Å². The van der Waals surface area contributed by atoms with Crippen LogP contribution in [0.2, 0.25) is 0 Å². The fourth-order valence-electron chi connectivity index (χ4n) is 5.42. The molecule has 0 aliphatic carbocycles. The van der Waals surface area contributed by atoms with Gasteiger partial charge in [0.25, 0.3) is 0 Å². The van der Waals surface area contributed by atoms with Gasteiger partial charge in [0.2, 0.25) is 0 Å². The summed E-state index contributed by atoms with van der Waals surface area (Å²) >= 11 is 0. The summed E-state index contributed by atoms with van der Waals surface area (Å²) in [6.45, 7) is 6.92. The minimum Gasteiger partial charge on any atom is -0.496 e. The highest BCUT2D eigenvalue weighted by Gasteiger charge is 2.26. The molecule has 6 rings (SSSR count). The first kappa shape index (κ1) is 28.4. The lowest BCUT2D eigenvalue weighted by atomic mass is 9.94. The predicted molar refractivity (Wildman–Crippen MR) is 167 cm³/mol. The van der Waals surface area contributed by atoms with Crippen molar-refractivity contribution < 1.29 is 14.2 Å². The summed E-state index contributed by atoms with van der Waals surface area (Å²) in [5, 5.41) is 16.4. The van der Waals surface area contributed by atoms with Gasteiger partial charge in [0.15, 0.2) is 5.82 Å². The zero-order chi connectivity index (χ0) is 29.6. The highest BCUT2D eigenvalue weighted by Crippen LogP contribution is 2.45. The van der Waals surface area contributed by atoms with Gasteiger partial charge in [-0.3, -0.25) is 0 Å². The molecule has 8 nitrogen and oxygen atoms in total. The molecule has 1 atom stereocenters. The Labute approximate surface area is 252 Å². The normalized spacial score (nSPS) is 14.7. The molecule has 2 heterocycles. The van der Waals surface area contributed by atoms with E-state index in [1.165, 1.54) is 5.56 Å². The van der Waals surface area contributed by atoms with Crippen LogP contribution < -0.4 is 19.5 Å². The van der Waals surface area contributed by atoms with Crippen molar-refractivity contribution in [2.45, 2.75) is 45.4 Å². The third-order valence-corrected chi connectivity index (χ3v) is 7.85. The first-order valence-electron chi connectivity index (χ1n) is 14.8. The molecule has 0 spiro atoms. The van der Waals surface area contributed by atoms with E-state index in [1.807, 2.05) is 53.2 Å². The lowest BCUT2D eigenvalue weighted by Gasteiger charge is -2.20. The van der Waals surface area contributed by atoms with E-state index >= 15 is 0 Å². The third kappa shape index (κ3) is 6.39. The van der Waals surface area contributed by atoms with Gasteiger partial charge in [-0.1, -0.05) is 80.6 Å². The first-order chi connectivity index (χ1) is 21.1. The van der Waals surface area contributed by atoms with E-state index < -0.39 is 0 Å². The van der Waals surface area contributed by atoms with Crippen LogP contribution in [0.15, 0.2) is 91.0 Å². The van der Waals surface area contributed by atoms with Crippen molar-refractivity contribution in [1.29, 1.82) is 0 Å². The Morgan fingerprint density at radius 2 is 1.44 bits per heavy atom. The number of hydrogen-bond acceptors (Lipinski definition) is 7. The Morgan fingerprint density at radius 3 is 2.05 bits per heavy atom. The molecule has 1 saturated heterocycles. The van der Waals surface area contributed by atoms with Gasteiger partial charge in [-0.25, -0.2) is 4.68 Å². The monoisotopic (exact) mass is 575 g/mol. The quantitative estimate of drug-likeness (QED) is 0.185. The number of nitrogens with one attached hydrogen (secondary N) is 1. The highest BCUT2D eigenvalue weighted by atomic mass is 16.5.